The number of carbonyl (C=O) groups excluding carboxylic acids is 2. The maximum atomic E-state index is 13.6. The zero-order valence-electron chi connectivity index (χ0n) is 18.0. The van der Waals surface area contributed by atoms with E-state index in [4.69, 9.17) is 5.73 Å². The minimum Gasteiger partial charge on any atom is -0.365 e. The predicted molar refractivity (Wildman–Crippen MR) is 121 cm³/mol. The molecule has 0 saturated heterocycles. The molecule has 4 rings (SSSR count). The van der Waals surface area contributed by atoms with E-state index in [2.05, 4.69) is 15.4 Å². The Morgan fingerprint density at radius 3 is 2.46 bits per heavy atom. The van der Waals surface area contributed by atoms with Crippen molar-refractivity contribution >= 4 is 44.7 Å². The molecule has 10 nitrogen and oxygen atoms in total. The molecule has 0 aliphatic heterocycles. The van der Waals surface area contributed by atoms with Crippen LogP contribution in [-0.4, -0.2) is 31.5 Å². The molecule has 0 spiro atoms. The molecule has 0 aliphatic rings. The Kier molecular flexibility index (Phi) is 5.76. The van der Waals surface area contributed by atoms with Gasteiger partial charge in [0.1, 0.15) is 21.6 Å². The van der Waals surface area contributed by atoms with Gasteiger partial charge < -0.3 is 11.1 Å². The van der Waals surface area contributed by atoms with Crippen LogP contribution in [0.4, 0.5) is 24.5 Å². The Morgan fingerprint density at radius 2 is 1.89 bits per heavy atom. The number of thiophene rings is 1. The molecule has 0 radical (unpaired) electrons. The van der Waals surface area contributed by atoms with E-state index in [1.165, 1.54) is 7.05 Å². The van der Waals surface area contributed by atoms with Gasteiger partial charge >= 0.3 is 11.9 Å². The maximum Gasteiger partial charge on any atom is 0.433 e. The second kappa shape index (κ2) is 8.47. The Balaban J connectivity index is 2.00. The van der Waals surface area contributed by atoms with Gasteiger partial charge in [0.05, 0.1) is 10.6 Å². The number of aryl methyl sites for hydroxylation is 2. The van der Waals surface area contributed by atoms with E-state index in [1.807, 2.05) is 0 Å². The molecule has 1 aromatic carbocycles. The summed E-state index contributed by atoms with van der Waals surface area (Å²) in [5.41, 5.74) is 4.30. The number of halogens is 3. The lowest BCUT2D eigenvalue weighted by atomic mass is 10.00. The molecule has 2 amide bonds. The summed E-state index contributed by atoms with van der Waals surface area (Å²) >= 11 is 0.572. The van der Waals surface area contributed by atoms with Crippen LogP contribution in [0, 0.1) is 17.0 Å². The molecule has 3 N–H and O–H groups in total. The van der Waals surface area contributed by atoms with Crippen LogP contribution in [0.3, 0.4) is 0 Å². The number of nitrogens with one attached hydrogen (secondary N) is 1. The normalized spacial score (nSPS) is 11.6. The van der Waals surface area contributed by atoms with Crippen molar-refractivity contribution in [1.82, 2.24) is 14.8 Å². The summed E-state index contributed by atoms with van der Waals surface area (Å²) in [7, 11) is 1.30. The van der Waals surface area contributed by atoms with Crippen LogP contribution in [0.1, 0.15) is 31.4 Å². The van der Waals surface area contributed by atoms with Gasteiger partial charge in [0, 0.05) is 12.4 Å². The zero-order chi connectivity index (χ0) is 25.7. The van der Waals surface area contributed by atoms with Gasteiger partial charge in [-0.3, -0.25) is 24.4 Å². The molecule has 0 unspecified atom stereocenters. The number of nitrogens with two attached hydrogens (primary N) is 1. The number of hydrogen-bond acceptors (Lipinski definition) is 7. The SMILES string of the molecule is Cc1ccc(-c2cc(C(F)(F)F)nc3sc(C(N)=O)c(NC(=O)c4c([N+](=O)[O-])cnn4C)c23)cc1. The first-order chi connectivity index (χ1) is 16.4. The van der Waals surface area contributed by atoms with E-state index in [1.54, 1.807) is 31.2 Å². The molecular weight excluding hydrogens is 489 g/mol. The Morgan fingerprint density at radius 1 is 1.23 bits per heavy atom. The first-order valence-electron chi connectivity index (χ1n) is 9.77. The quantitative estimate of drug-likeness (QED) is 0.306. The minimum atomic E-state index is -4.79. The van der Waals surface area contributed by atoms with Crippen molar-refractivity contribution in [3.8, 4) is 11.1 Å². The fourth-order valence-electron chi connectivity index (χ4n) is 3.49. The molecular formula is C21H15F3N6O4S. The van der Waals surface area contributed by atoms with Gasteiger partial charge in [-0.2, -0.15) is 18.3 Å². The molecule has 0 aliphatic carbocycles. The van der Waals surface area contributed by atoms with Gasteiger partial charge in [0.25, 0.3) is 11.8 Å². The number of fused-ring (bicyclic) bond motifs is 1. The number of hydrogen-bond donors (Lipinski definition) is 2. The number of pyridine rings is 1. The third-order valence-corrected chi connectivity index (χ3v) is 6.21. The second-order valence-electron chi connectivity index (χ2n) is 7.48. The molecule has 180 valence electrons. The zero-order valence-corrected chi connectivity index (χ0v) is 18.8. The number of aromatic nitrogens is 3. The number of nitrogens with zero attached hydrogens (tertiary/aromatic N) is 4. The summed E-state index contributed by atoms with van der Waals surface area (Å²) in [6.45, 7) is 1.80. The van der Waals surface area contributed by atoms with E-state index in [-0.39, 0.29) is 26.3 Å². The van der Waals surface area contributed by atoms with Crippen molar-refractivity contribution < 1.29 is 27.7 Å². The van der Waals surface area contributed by atoms with Crippen LogP contribution in [0.5, 0.6) is 0 Å². The maximum absolute atomic E-state index is 13.6. The average Bonchev–Trinajstić information content (AvgIpc) is 3.34. The summed E-state index contributed by atoms with van der Waals surface area (Å²) in [5.74, 6) is -2.03. The highest BCUT2D eigenvalue weighted by Gasteiger charge is 2.35. The lowest BCUT2D eigenvalue weighted by Gasteiger charge is -2.12. The lowest BCUT2D eigenvalue weighted by Crippen LogP contribution is -2.20. The van der Waals surface area contributed by atoms with E-state index in [9.17, 15) is 32.9 Å². The highest BCUT2D eigenvalue weighted by atomic mass is 32.1. The minimum absolute atomic E-state index is 0.0406. The van der Waals surface area contributed by atoms with Crippen molar-refractivity contribution in [2.75, 3.05) is 5.32 Å². The van der Waals surface area contributed by atoms with Crippen molar-refractivity contribution in [2.24, 2.45) is 12.8 Å². The van der Waals surface area contributed by atoms with Gasteiger partial charge in [-0.05, 0) is 24.1 Å². The molecule has 4 aromatic rings. The molecule has 35 heavy (non-hydrogen) atoms. The van der Waals surface area contributed by atoms with Gasteiger partial charge in [-0.1, -0.05) is 29.8 Å². The lowest BCUT2D eigenvalue weighted by molar-refractivity contribution is -0.385. The van der Waals surface area contributed by atoms with Crippen LogP contribution in [0.25, 0.3) is 21.3 Å². The smallest absolute Gasteiger partial charge is 0.365 e. The van der Waals surface area contributed by atoms with Crippen molar-refractivity contribution in [1.29, 1.82) is 0 Å². The second-order valence-corrected chi connectivity index (χ2v) is 8.48. The highest BCUT2D eigenvalue weighted by Crippen LogP contribution is 2.44. The summed E-state index contributed by atoms with van der Waals surface area (Å²) in [5, 5.41) is 17.5. The van der Waals surface area contributed by atoms with Crippen LogP contribution in [-0.2, 0) is 13.2 Å². The number of carbonyl (C=O) groups is 2. The molecule has 0 atom stereocenters. The predicted octanol–water partition coefficient (Wildman–Crippen LogP) is 4.28. The summed E-state index contributed by atoms with van der Waals surface area (Å²) in [4.78, 5) is 38.9. The standard InChI is InChI=1S/C21H15F3N6O4S/c1-9-3-5-10(6-4-9)11-7-13(21(22,23)24)27-20-14(11)15(17(35-20)18(25)31)28-19(32)16-12(30(33)34)8-26-29(16)2/h3-8H,1-2H3,(H2,25,31)(H,28,32). The fourth-order valence-corrected chi connectivity index (χ4v) is 4.50. The highest BCUT2D eigenvalue weighted by molar-refractivity contribution is 7.21. The number of amides is 2. The van der Waals surface area contributed by atoms with Crippen molar-refractivity contribution in [3.63, 3.8) is 0 Å². The molecule has 3 heterocycles. The summed E-state index contributed by atoms with van der Waals surface area (Å²) in [6, 6.07) is 7.36. The first kappa shape index (κ1) is 23.8. The molecule has 14 heteroatoms. The summed E-state index contributed by atoms with van der Waals surface area (Å²) < 4.78 is 41.8. The number of rotatable bonds is 5. The van der Waals surface area contributed by atoms with Crippen LogP contribution in [0.2, 0.25) is 0 Å². The third-order valence-electron chi connectivity index (χ3n) is 5.11. The largest absolute Gasteiger partial charge is 0.433 e. The number of benzene rings is 1. The first-order valence-corrected chi connectivity index (χ1v) is 10.6. The van der Waals surface area contributed by atoms with Gasteiger partial charge in [0.2, 0.25) is 5.69 Å². The summed E-state index contributed by atoms with van der Waals surface area (Å²) in [6.07, 6.45) is -3.91. The van der Waals surface area contributed by atoms with E-state index in [0.29, 0.717) is 16.9 Å². The van der Waals surface area contributed by atoms with Crippen LogP contribution in [0.15, 0.2) is 36.5 Å². The monoisotopic (exact) mass is 504 g/mol. The van der Waals surface area contributed by atoms with Crippen molar-refractivity contribution in [2.45, 2.75) is 13.1 Å². The molecule has 0 fully saturated rings. The Labute approximate surface area is 198 Å². The average molecular weight is 504 g/mol. The molecule has 0 bridgehead atoms. The third kappa shape index (κ3) is 4.30. The van der Waals surface area contributed by atoms with E-state index >= 15 is 0 Å². The topological polar surface area (TPSA) is 146 Å². The molecule has 0 saturated carbocycles. The number of anilines is 1. The van der Waals surface area contributed by atoms with Crippen molar-refractivity contribution in [3.05, 3.63) is 68.5 Å². The fraction of sp³-hybridized carbons (Fsp3) is 0.143. The van der Waals surface area contributed by atoms with Crippen LogP contribution >= 0.6 is 11.3 Å². The molecule has 3 aromatic heterocycles. The number of primary amides is 1. The Bertz CT molecular complexity index is 1510. The van der Waals surface area contributed by atoms with E-state index in [0.717, 1.165) is 22.5 Å². The van der Waals surface area contributed by atoms with Gasteiger partial charge in [-0.15, -0.1) is 11.3 Å². The van der Waals surface area contributed by atoms with Gasteiger partial charge in [-0.25, -0.2) is 4.98 Å². The van der Waals surface area contributed by atoms with E-state index < -0.39 is 40.0 Å². The van der Waals surface area contributed by atoms with Crippen LogP contribution < -0.4 is 11.1 Å². The number of alkyl halides is 3. The van der Waals surface area contributed by atoms with Gasteiger partial charge in [0.15, 0.2) is 0 Å². The Hall–Kier alpha value is -4.33. The number of nitro groups is 1.